The topological polar surface area (TPSA) is 96.5 Å². The molecular formula is C22H28F3N5O2. The van der Waals surface area contributed by atoms with Gasteiger partial charge in [-0.1, -0.05) is 24.6 Å². The second-order valence-corrected chi connectivity index (χ2v) is 8.15. The van der Waals surface area contributed by atoms with Crippen LogP contribution in [0.5, 0.6) is 0 Å². The molecule has 174 valence electrons. The van der Waals surface area contributed by atoms with E-state index in [9.17, 15) is 22.8 Å². The van der Waals surface area contributed by atoms with Crippen molar-refractivity contribution in [1.29, 1.82) is 0 Å². The number of likely N-dealkylation sites (tertiary alicyclic amines) is 1. The molecule has 1 aromatic heterocycles. The first kappa shape index (κ1) is 23.8. The number of hydrogen-bond donors (Lipinski definition) is 2. The molecule has 10 heteroatoms. The Kier molecular flexibility index (Phi) is 7.22. The molecule has 0 saturated carbocycles. The highest BCUT2D eigenvalue weighted by Gasteiger charge is 2.33. The second-order valence-electron chi connectivity index (χ2n) is 8.15. The number of halogens is 3. The van der Waals surface area contributed by atoms with E-state index in [0.717, 1.165) is 25.3 Å². The van der Waals surface area contributed by atoms with E-state index in [1.807, 2.05) is 4.90 Å². The zero-order valence-corrected chi connectivity index (χ0v) is 18.2. The number of aromatic amines is 1. The highest BCUT2D eigenvalue weighted by Crippen LogP contribution is 2.32. The highest BCUT2D eigenvalue weighted by atomic mass is 19.4. The van der Waals surface area contributed by atoms with Gasteiger partial charge in [-0.3, -0.25) is 14.3 Å². The number of nitrogens with one attached hydrogen (secondary N) is 1. The van der Waals surface area contributed by atoms with Crippen molar-refractivity contribution in [2.45, 2.75) is 51.2 Å². The van der Waals surface area contributed by atoms with Crippen LogP contribution in [0.25, 0.3) is 0 Å². The second kappa shape index (κ2) is 9.72. The van der Waals surface area contributed by atoms with Gasteiger partial charge in [0, 0.05) is 32.6 Å². The summed E-state index contributed by atoms with van der Waals surface area (Å²) in [6, 6.07) is 5.38. The number of aliphatic imine (C=N–C) groups is 1. The Morgan fingerprint density at radius 2 is 1.97 bits per heavy atom. The molecule has 1 atom stereocenters. The Balaban J connectivity index is 2.03. The van der Waals surface area contributed by atoms with Crippen LogP contribution in [0.3, 0.4) is 0 Å². The number of nitrogens with zero attached hydrogens (tertiary/aromatic N) is 3. The van der Waals surface area contributed by atoms with Crippen LogP contribution in [-0.4, -0.2) is 39.4 Å². The van der Waals surface area contributed by atoms with E-state index in [4.69, 9.17) is 5.73 Å². The first-order chi connectivity index (χ1) is 15.1. The van der Waals surface area contributed by atoms with Crippen molar-refractivity contribution in [3.8, 4) is 0 Å². The Hall–Kier alpha value is -2.88. The quantitative estimate of drug-likeness (QED) is 0.552. The fourth-order valence-corrected chi connectivity index (χ4v) is 3.96. The molecule has 0 radical (unpaired) electrons. The van der Waals surface area contributed by atoms with Gasteiger partial charge in [0.25, 0.3) is 5.56 Å². The molecule has 0 amide bonds. The van der Waals surface area contributed by atoms with Crippen molar-refractivity contribution in [3.05, 3.63) is 61.8 Å². The monoisotopic (exact) mass is 451 g/mol. The minimum atomic E-state index is -4.45. The van der Waals surface area contributed by atoms with Crippen molar-refractivity contribution in [3.63, 3.8) is 0 Å². The Morgan fingerprint density at radius 1 is 1.25 bits per heavy atom. The molecule has 2 heterocycles. The van der Waals surface area contributed by atoms with Gasteiger partial charge in [-0.05, 0) is 37.8 Å². The molecule has 1 unspecified atom stereocenters. The Bertz CT molecular complexity index is 1070. The van der Waals surface area contributed by atoms with Crippen LogP contribution in [0.4, 0.5) is 19.0 Å². The lowest BCUT2D eigenvalue weighted by atomic mass is 10.0. The summed E-state index contributed by atoms with van der Waals surface area (Å²) in [6.07, 6.45) is -1.46. The number of nitrogens with two attached hydrogens (primary N) is 1. The van der Waals surface area contributed by atoms with Crippen molar-refractivity contribution in [2.24, 2.45) is 17.8 Å². The molecule has 0 bridgehead atoms. The summed E-state index contributed by atoms with van der Waals surface area (Å²) in [6.45, 7) is 2.72. The fourth-order valence-electron chi connectivity index (χ4n) is 3.96. The van der Waals surface area contributed by atoms with Crippen molar-refractivity contribution >= 4 is 11.7 Å². The van der Waals surface area contributed by atoms with E-state index in [-0.39, 0.29) is 35.8 Å². The smallest absolute Gasteiger partial charge is 0.358 e. The van der Waals surface area contributed by atoms with E-state index in [2.05, 4.69) is 9.98 Å². The average molecular weight is 451 g/mol. The van der Waals surface area contributed by atoms with Crippen LogP contribution < -0.4 is 17.0 Å². The number of hydrogen-bond acceptors (Lipinski definition) is 4. The molecule has 7 nitrogen and oxygen atoms in total. The van der Waals surface area contributed by atoms with Crippen LogP contribution in [0, 0.1) is 6.92 Å². The maximum absolute atomic E-state index is 13.4. The lowest BCUT2D eigenvalue weighted by molar-refractivity contribution is -0.138. The fraction of sp³-hybridized carbons (Fsp3) is 0.500. The Morgan fingerprint density at radius 3 is 2.69 bits per heavy atom. The van der Waals surface area contributed by atoms with E-state index in [1.165, 1.54) is 23.7 Å². The molecule has 1 aliphatic rings. The van der Waals surface area contributed by atoms with Gasteiger partial charge < -0.3 is 10.6 Å². The predicted molar refractivity (Wildman–Crippen MR) is 117 cm³/mol. The summed E-state index contributed by atoms with van der Waals surface area (Å²) in [5.74, 6) is 0.707. The zero-order valence-electron chi connectivity index (χ0n) is 18.2. The van der Waals surface area contributed by atoms with Gasteiger partial charge in [0.2, 0.25) is 0 Å². The summed E-state index contributed by atoms with van der Waals surface area (Å²) in [4.78, 5) is 33.0. The third kappa shape index (κ3) is 5.48. The van der Waals surface area contributed by atoms with Crippen LogP contribution in [0.1, 0.15) is 42.4 Å². The lowest BCUT2D eigenvalue weighted by Crippen LogP contribution is -2.40. The van der Waals surface area contributed by atoms with E-state index in [0.29, 0.717) is 18.9 Å². The number of aromatic nitrogens is 2. The van der Waals surface area contributed by atoms with Gasteiger partial charge in [0.15, 0.2) is 0 Å². The van der Waals surface area contributed by atoms with Gasteiger partial charge in [0.05, 0.1) is 11.1 Å². The first-order valence-electron chi connectivity index (χ1n) is 10.6. The van der Waals surface area contributed by atoms with Gasteiger partial charge in [0.1, 0.15) is 11.7 Å². The number of benzene rings is 1. The van der Waals surface area contributed by atoms with Gasteiger partial charge in [-0.2, -0.15) is 13.2 Å². The maximum Gasteiger partial charge on any atom is 0.416 e. The third-order valence-electron chi connectivity index (χ3n) is 5.77. The summed E-state index contributed by atoms with van der Waals surface area (Å²) >= 11 is 0. The summed E-state index contributed by atoms with van der Waals surface area (Å²) in [7, 11) is 1.49. The molecule has 3 rings (SSSR count). The third-order valence-corrected chi connectivity index (χ3v) is 5.77. The standard InChI is InChI=1S/C22H28F3N5O2/c1-14-19(29(2)21(32)28-20(14)31)27-18(30-12-6-5-8-16(26)13-30)11-10-15-7-3-4-9-17(15)22(23,24)25/h3-4,7,9,16H,5-6,8,10-13,26H2,1-2H3,(H,28,31,32)/b27-18+. The number of rotatable bonds is 4. The lowest BCUT2D eigenvalue weighted by Gasteiger charge is -2.27. The molecule has 1 fully saturated rings. The van der Waals surface area contributed by atoms with Crippen LogP contribution in [0.15, 0.2) is 38.8 Å². The number of aryl methyl sites for hydroxylation is 1. The minimum Gasteiger partial charge on any atom is -0.358 e. The van der Waals surface area contributed by atoms with Crippen molar-refractivity contribution in [2.75, 3.05) is 13.1 Å². The molecule has 0 aliphatic carbocycles. The summed E-state index contributed by atoms with van der Waals surface area (Å²) in [5.41, 5.74) is 4.81. The van der Waals surface area contributed by atoms with E-state index in [1.54, 1.807) is 13.0 Å². The number of H-pyrrole nitrogens is 1. The normalized spacial score (nSPS) is 18.0. The molecule has 1 aromatic carbocycles. The van der Waals surface area contributed by atoms with E-state index >= 15 is 0 Å². The maximum atomic E-state index is 13.4. The van der Waals surface area contributed by atoms with E-state index < -0.39 is 23.0 Å². The van der Waals surface area contributed by atoms with Gasteiger partial charge in [-0.15, -0.1) is 0 Å². The van der Waals surface area contributed by atoms with Gasteiger partial charge in [-0.25, -0.2) is 9.79 Å². The number of alkyl halides is 3. The average Bonchev–Trinajstić information content (AvgIpc) is 2.96. The van der Waals surface area contributed by atoms with Crippen LogP contribution in [-0.2, 0) is 19.6 Å². The SMILES string of the molecule is Cc1c(/N=C(\CCc2ccccc2C(F)(F)F)N2CCCCC(N)C2)n(C)c(=O)[nH]c1=O. The predicted octanol–water partition coefficient (Wildman–Crippen LogP) is 2.88. The van der Waals surface area contributed by atoms with Crippen molar-refractivity contribution in [1.82, 2.24) is 14.5 Å². The summed E-state index contributed by atoms with van der Waals surface area (Å²) < 4.78 is 41.6. The first-order valence-corrected chi connectivity index (χ1v) is 10.6. The molecule has 3 N–H and O–H groups in total. The van der Waals surface area contributed by atoms with Crippen LogP contribution in [0.2, 0.25) is 0 Å². The minimum absolute atomic E-state index is 0.0887. The molecule has 0 spiro atoms. The van der Waals surface area contributed by atoms with Crippen LogP contribution >= 0.6 is 0 Å². The molecule has 32 heavy (non-hydrogen) atoms. The zero-order chi connectivity index (χ0) is 23.5. The van der Waals surface area contributed by atoms with Crippen molar-refractivity contribution < 1.29 is 13.2 Å². The highest BCUT2D eigenvalue weighted by molar-refractivity contribution is 5.85. The summed E-state index contributed by atoms with van der Waals surface area (Å²) in [5, 5.41) is 0. The Labute approximate surface area is 183 Å². The number of amidine groups is 1. The largest absolute Gasteiger partial charge is 0.416 e. The molecular weight excluding hydrogens is 423 g/mol. The molecule has 1 aliphatic heterocycles. The molecule has 1 saturated heterocycles. The molecule has 2 aromatic rings. The van der Waals surface area contributed by atoms with Gasteiger partial charge >= 0.3 is 11.9 Å².